The lowest BCUT2D eigenvalue weighted by molar-refractivity contribution is 0.113. The predicted molar refractivity (Wildman–Crippen MR) is 75.8 cm³/mol. The number of anilines is 1. The van der Waals surface area contributed by atoms with E-state index < -0.39 is 0 Å². The summed E-state index contributed by atoms with van der Waals surface area (Å²) in [4.78, 5) is 6.66. The highest BCUT2D eigenvalue weighted by atomic mass is 16.5. The molecule has 0 unspecified atom stereocenters. The molecule has 0 fully saturated rings. The fourth-order valence-electron chi connectivity index (χ4n) is 1.80. The fraction of sp³-hybridized carbons (Fsp3) is 0.643. The summed E-state index contributed by atoms with van der Waals surface area (Å²) >= 11 is 0. The van der Waals surface area contributed by atoms with E-state index in [0.29, 0.717) is 0 Å². The van der Waals surface area contributed by atoms with Crippen molar-refractivity contribution in [2.45, 2.75) is 27.3 Å². The Balaban J connectivity index is 2.49. The molecule has 18 heavy (non-hydrogen) atoms. The summed E-state index contributed by atoms with van der Waals surface area (Å²) in [5.41, 5.74) is 1.29. The Bertz CT molecular complexity index is 331. The number of ether oxygens (including phenoxy) is 1. The zero-order valence-electron chi connectivity index (χ0n) is 11.8. The first-order chi connectivity index (χ1) is 8.80. The third kappa shape index (κ3) is 5.47. The number of rotatable bonds is 9. The first-order valence-corrected chi connectivity index (χ1v) is 6.79. The Morgan fingerprint density at radius 3 is 2.83 bits per heavy atom. The number of hydrogen-bond donors (Lipinski definition) is 1. The molecular formula is C14H25N3O. The maximum absolute atomic E-state index is 5.40. The molecule has 0 aromatic carbocycles. The third-order valence-electron chi connectivity index (χ3n) is 2.79. The van der Waals surface area contributed by atoms with Gasteiger partial charge in [-0.25, -0.2) is 4.98 Å². The van der Waals surface area contributed by atoms with E-state index in [2.05, 4.69) is 41.2 Å². The predicted octanol–water partition coefficient (Wildman–Crippen LogP) is 2.37. The molecule has 4 nitrogen and oxygen atoms in total. The summed E-state index contributed by atoms with van der Waals surface area (Å²) in [6.45, 7) is 11.7. The molecule has 0 radical (unpaired) electrons. The molecule has 0 spiro atoms. The summed E-state index contributed by atoms with van der Waals surface area (Å²) in [6, 6.07) is 4.19. The summed E-state index contributed by atoms with van der Waals surface area (Å²) in [5.74, 6) is 0.955. The number of likely N-dealkylation sites (N-methyl/N-ethyl adjacent to an activating group) is 1. The second kappa shape index (κ2) is 8.89. The smallest absolute Gasteiger partial charge is 0.126 e. The van der Waals surface area contributed by atoms with Crippen LogP contribution in [0.1, 0.15) is 26.3 Å². The van der Waals surface area contributed by atoms with Crippen LogP contribution in [0.25, 0.3) is 0 Å². The molecule has 1 N–H and O–H groups in total. The Kier molecular flexibility index (Phi) is 7.37. The molecular weight excluding hydrogens is 226 g/mol. The maximum atomic E-state index is 5.40. The summed E-state index contributed by atoms with van der Waals surface area (Å²) in [5, 5.41) is 3.24. The Hall–Kier alpha value is -1.13. The zero-order valence-corrected chi connectivity index (χ0v) is 11.8. The van der Waals surface area contributed by atoms with Crippen molar-refractivity contribution >= 4 is 5.82 Å². The average Bonchev–Trinajstić information content (AvgIpc) is 2.38. The van der Waals surface area contributed by atoms with E-state index in [1.807, 2.05) is 13.1 Å². The number of nitrogens with zero attached hydrogens (tertiary/aromatic N) is 2. The average molecular weight is 251 g/mol. The minimum Gasteiger partial charge on any atom is -0.380 e. The van der Waals surface area contributed by atoms with Gasteiger partial charge in [-0.05, 0) is 38.1 Å². The molecule has 4 heteroatoms. The first-order valence-electron chi connectivity index (χ1n) is 6.79. The van der Waals surface area contributed by atoms with Crippen LogP contribution in [0.4, 0.5) is 5.82 Å². The maximum Gasteiger partial charge on any atom is 0.126 e. The second-order valence-electron chi connectivity index (χ2n) is 4.15. The number of nitrogens with one attached hydrogen (secondary N) is 1. The van der Waals surface area contributed by atoms with E-state index in [0.717, 1.165) is 45.2 Å². The van der Waals surface area contributed by atoms with Gasteiger partial charge in [0.1, 0.15) is 5.82 Å². The van der Waals surface area contributed by atoms with Crippen LogP contribution in [0, 0.1) is 0 Å². The first kappa shape index (κ1) is 14.9. The normalized spacial score (nSPS) is 10.9. The van der Waals surface area contributed by atoms with Gasteiger partial charge in [0.25, 0.3) is 0 Å². The minimum atomic E-state index is 0.789. The molecule has 1 aromatic heterocycles. The van der Waals surface area contributed by atoms with E-state index in [-0.39, 0.29) is 0 Å². The van der Waals surface area contributed by atoms with Crippen LogP contribution < -0.4 is 5.32 Å². The van der Waals surface area contributed by atoms with Crippen molar-refractivity contribution in [1.82, 2.24) is 9.88 Å². The van der Waals surface area contributed by atoms with Crippen molar-refractivity contribution < 1.29 is 4.74 Å². The standard InChI is InChI=1S/C14H25N3O/c1-4-15-14-11-13(7-8-16-14)12-17(5-2)9-10-18-6-3/h7-8,11H,4-6,9-10,12H2,1-3H3,(H,15,16). The lowest BCUT2D eigenvalue weighted by atomic mass is 10.2. The van der Waals surface area contributed by atoms with Gasteiger partial charge in [-0.15, -0.1) is 0 Å². The van der Waals surface area contributed by atoms with Gasteiger partial charge >= 0.3 is 0 Å². The SMILES string of the molecule is CCNc1cc(CN(CC)CCOCC)ccn1. The van der Waals surface area contributed by atoms with Crippen LogP contribution in [0.2, 0.25) is 0 Å². The van der Waals surface area contributed by atoms with Gasteiger partial charge in [-0.1, -0.05) is 6.92 Å². The van der Waals surface area contributed by atoms with Crippen molar-refractivity contribution in [3.05, 3.63) is 23.9 Å². The monoisotopic (exact) mass is 251 g/mol. The minimum absolute atomic E-state index is 0.789. The van der Waals surface area contributed by atoms with Crippen molar-refractivity contribution in [3.63, 3.8) is 0 Å². The molecule has 0 aliphatic rings. The van der Waals surface area contributed by atoms with Crippen LogP contribution in [-0.4, -0.2) is 42.7 Å². The van der Waals surface area contributed by atoms with Crippen LogP contribution in [0.3, 0.4) is 0 Å². The molecule has 0 bridgehead atoms. The molecule has 1 aromatic rings. The number of pyridine rings is 1. The Labute approximate surface area is 110 Å². The van der Waals surface area contributed by atoms with Crippen LogP contribution in [-0.2, 0) is 11.3 Å². The van der Waals surface area contributed by atoms with Crippen molar-refractivity contribution in [1.29, 1.82) is 0 Å². The molecule has 1 rings (SSSR count). The van der Waals surface area contributed by atoms with Gasteiger partial charge in [0.05, 0.1) is 6.61 Å². The van der Waals surface area contributed by atoms with E-state index >= 15 is 0 Å². The largest absolute Gasteiger partial charge is 0.380 e. The Morgan fingerprint density at radius 1 is 1.33 bits per heavy atom. The molecule has 0 amide bonds. The van der Waals surface area contributed by atoms with Gasteiger partial charge in [0.15, 0.2) is 0 Å². The van der Waals surface area contributed by atoms with Crippen LogP contribution in [0.5, 0.6) is 0 Å². The lowest BCUT2D eigenvalue weighted by Gasteiger charge is -2.20. The van der Waals surface area contributed by atoms with Gasteiger partial charge in [0.2, 0.25) is 0 Å². The molecule has 0 aliphatic carbocycles. The summed E-state index contributed by atoms with van der Waals surface area (Å²) in [6.07, 6.45) is 1.86. The van der Waals surface area contributed by atoms with E-state index in [1.165, 1.54) is 5.56 Å². The van der Waals surface area contributed by atoms with Gasteiger partial charge in [0, 0.05) is 32.4 Å². The Morgan fingerprint density at radius 2 is 2.17 bits per heavy atom. The second-order valence-corrected chi connectivity index (χ2v) is 4.15. The highest BCUT2D eigenvalue weighted by molar-refractivity contribution is 5.37. The molecule has 0 saturated heterocycles. The highest BCUT2D eigenvalue weighted by Crippen LogP contribution is 2.09. The van der Waals surface area contributed by atoms with Crippen LogP contribution in [0.15, 0.2) is 18.3 Å². The van der Waals surface area contributed by atoms with E-state index in [4.69, 9.17) is 4.74 Å². The van der Waals surface area contributed by atoms with Gasteiger partial charge < -0.3 is 10.1 Å². The lowest BCUT2D eigenvalue weighted by Crippen LogP contribution is -2.27. The van der Waals surface area contributed by atoms with Gasteiger partial charge in [-0.3, -0.25) is 4.90 Å². The molecule has 0 saturated carbocycles. The molecule has 102 valence electrons. The third-order valence-corrected chi connectivity index (χ3v) is 2.79. The van der Waals surface area contributed by atoms with Crippen molar-refractivity contribution in [2.75, 3.05) is 38.2 Å². The molecule has 0 atom stereocenters. The van der Waals surface area contributed by atoms with Gasteiger partial charge in [-0.2, -0.15) is 0 Å². The zero-order chi connectivity index (χ0) is 13.2. The summed E-state index contributed by atoms with van der Waals surface area (Å²) < 4.78 is 5.40. The molecule has 0 aliphatic heterocycles. The number of aromatic nitrogens is 1. The van der Waals surface area contributed by atoms with Crippen molar-refractivity contribution in [3.8, 4) is 0 Å². The molecule has 1 heterocycles. The highest BCUT2D eigenvalue weighted by Gasteiger charge is 2.04. The summed E-state index contributed by atoms with van der Waals surface area (Å²) in [7, 11) is 0. The van der Waals surface area contributed by atoms with Crippen LogP contribution >= 0.6 is 0 Å². The van der Waals surface area contributed by atoms with E-state index in [9.17, 15) is 0 Å². The topological polar surface area (TPSA) is 37.4 Å². The fourth-order valence-corrected chi connectivity index (χ4v) is 1.80. The van der Waals surface area contributed by atoms with E-state index in [1.54, 1.807) is 0 Å². The number of hydrogen-bond acceptors (Lipinski definition) is 4. The quantitative estimate of drug-likeness (QED) is 0.684. The van der Waals surface area contributed by atoms with Crippen molar-refractivity contribution in [2.24, 2.45) is 0 Å².